The molecule has 0 radical (unpaired) electrons. The lowest BCUT2D eigenvalue weighted by molar-refractivity contribution is -0.124. The fourth-order valence-corrected chi connectivity index (χ4v) is 5.08. The van der Waals surface area contributed by atoms with Crippen molar-refractivity contribution in [3.8, 4) is 0 Å². The minimum absolute atomic E-state index is 0.0305. The van der Waals surface area contributed by atoms with Gasteiger partial charge in [-0.2, -0.15) is 0 Å². The van der Waals surface area contributed by atoms with Gasteiger partial charge in [-0.15, -0.1) is 0 Å². The monoisotopic (exact) mass is 293 g/mol. The van der Waals surface area contributed by atoms with Crippen LogP contribution in [0.5, 0.6) is 0 Å². The average Bonchev–Trinajstić information content (AvgIpc) is 3.28. The summed E-state index contributed by atoms with van der Waals surface area (Å²) in [5.74, 6) is 1.77. The van der Waals surface area contributed by atoms with E-state index in [1.807, 2.05) is 32.0 Å². The summed E-state index contributed by atoms with van der Waals surface area (Å²) in [6.45, 7) is 4.07. The molecule has 0 spiro atoms. The highest BCUT2D eigenvalue weighted by Gasteiger charge is 2.67. The van der Waals surface area contributed by atoms with Crippen LogP contribution in [0, 0.1) is 49.4 Å². The van der Waals surface area contributed by atoms with Crippen LogP contribution in [0.25, 0.3) is 0 Å². The molecule has 1 aliphatic heterocycles. The SMILES string of the molecule is Cc1ccc(N2C(=O)[C@@H]3[C@H]4C=C[C@@H]([C@@H]5C[C@H]45)[C@@H]3C2=O)cc1C. The van der Waals surface area contributed by atoms with Gasteiger partial charge in [0.05, 0.1) is 17.5 Å². The Hall–Kier alpha value is -1.90. The quantitative estimate of drug-likeness (QED) is 0.590. The zero-order valence-corrected chi connectivity index (χ0v) is 12.8. The summed E-state index contributed by atoms with van der Waals surface area (Å²) in [4.78, 5) is 27.4. The third-order valence-electron chi connectivity index (χ3n) is 6.41. The van der Waals surface area contributed by atoms with Gasteiger partial charge in [-0.3, -0.25) is 14.5 Å². The van der Waals surface area contributed by atoms with E-state index in [2.05, 4.69) is 12.2 Å². The highest BCUT2D eigenvalue weighted by molar-refractivity contribution is 6.22. The van der Waals surface area contributed by atoms with Crippen molar-refractivity contribution in [3.05, 3.63) is 41.5 Å². The summed E-state index contributed by atoms with van der Waals surface area (Å²) in [6.07, 6.45) is 5.64. The molecule has 0 aromatic heterocycles. The predicted molar refractivity (Wildman–Crippen MR) is 83.1 cm³/mol. The minimum atomic E-state index is -0.104. The normalized spacial score (nSPS) is 40.9. The molecule has 2 saturated carbocycles. The summed E-state index contributed by atoms with van der Waals surface area (Å²) in [5, 5.41) is 0. The maximum absolute atomic E-state index is 13.0. The van der Waals surface area contributed by atoms with Gasteiger partial charge >= 0.3 is 0 Å². The van der Waals surface area contributed by atoms with Gasteiger partial charge < -0.3 is 0 Å². The smallest absolute Gasteiger partial charge is 0.238 e. The van der Waals surface area contributed by atoms with Crippen LogP contribution in [0.4, 0.5) is 5.69 Å². The average molecular weight is 293 g/mol. The molecule has 3 heteroatoms. The number of benzene rings is 1. The van der Waals surface area contributed by atoms with Gasteiger partial charge in [0.1, 0.15) is 0 Å². The van der Waals surface area contributed by atoms with E-state index in [-0.39, 0.29) is 23.7 Å². The third kappa shape index (κ3) is 1.37. The van der Waals surface area contributed by atoms with E-state index < -0.39 is 0 Å². The van der Waals surface area contributed by atoms with Gasteiger partial charge in [0.2, 0.25) is 11.8 Å². The van der Waals surface area contributed by atoms with Crippen molar-refractivity contribution in [3.63, 3.8) is 0 Å². The van der Waals surface area contributed by atoms with Crippen LogP contribution in [0.3, 0.4) is 0 Å². The first-order chi connectivity index (χ1) is 10.6. The first-order valence-electron chi connectivity index (χ1n) is 8.21. The third-order valence-corrected chi connectivity index (χ3v) is 6.41. The first kappa shape index (κ1) is 12.6. The lowest BCUT2D eigenvalue weighted by Crippen LogP contribution is -2.40. The molecule has 2 amide bonds. The van der Waals surface area contributed by atoms with E-state index in [1.165, 1.54) is 16.9 Å². The van der Waals surface area contributed by atoms with Crippen molar-refractivity contribution in [2.75, 3.05) is 4.90 Å². The summed E-state index contributed by atoms with van der Waals surface area (Å²) < 4.78 is 0. The highest BCUT2D eigenvalue weighted by atomic mass is 16.2. The maximum Gasteiger partial charge on any atom is 0.238 e. The van der Waals surface area contributed by atoms with Gasteiger partial charge in [0.15, 0.2) is 0 Å². The Labute approximate surface area is 130 Å². The largest absolute Gasteiger partial charge is 0.274 e. The molecule has 1 heterocycles. The minimum Gasteiger partial charge on any atom is -0.274 e. The number of aryl methyl sites for hydroxylation is 2. The zero-order chi connectivity index (χ0) is 15.2. The molecule has 3 fully saturated rings. The van der Waals surface area contributed by atoms with Gasteiger partial charge in [-0.1, -0.05) is 18.2 Å². The molecule has 1 aromatic carbocycles. The van der Waals surface area contributed by atoms with Crippen LogP contribution in [0.1, 0.15) is 17.5 Å². The number of nitrogens with zero attached hydrogens (tertiary/aromatic N) is 1. The Balaban J connectivity index is 1.58. The second kappa shape index (κ2) is 3.89. The second-order valence-corrected chi connectivity index (χ2v) is 7.44. The maximum atomic E-state index is 13.0. The molecule has 1 saturated heterocycles. The molecule has 112 valence electrons. The van der Waals surface area contributed by atoms with Crippen LogP contribution in [-0.4, -0.2) is 11.8 Å². The number of carbonyl (C=O) groups excluding carboxylic acids is 2. The molecule has 22 heavy (non-hydrogen) atoms. The van der Waals surface area contributed by atoms with Crippen LogP contribution >= 0.6 is 0 Å². The predicted octanol–water partition coefficient (Wildman–Crippen LogP) is 2.86. The highest BCUT2D eigenvalue weighted by Crippen LogP contribution is 2.65. The number of rotatable bonds is 1. The van der Waals surface area contributed by atoms with E-state index in [9.17, 15) is 9.59 Å². The summed E-state index contributed by atoms with van der Waals surface area (Å²) in [6, 6.07) is 5.88. The number of imide groups is 1. The number of hydrogen-bond acceptors (Lipinski definition) is 2. The number of anilines is 1. The fraction of sp³-hybridized carbons (Fsp3) is 0.474. The van der Waals surface area contributed by atoms with E-state index in [0.717, 1.165) is 11.3 Å². The molecule has 1 aromatic rings. The molecule has 0 unspecified atom stereocenters. The van der Waals surface area contributed by atoms with Crippen molar-refractivity contribution >= 4 is 17.5 Å². The number of allylic oxidation sites excluding steroid dienone is 2. The lowest BCUT2D eigenvalue weighted by atomic mass is 9.63. The van der Waals surface area contributed by atoms with Crippen molar-refractivity contribution in [2.45, 2.75) is 20.3 Å². The van der Waals surface area contributed by atoms with Crippen molar-refractivity contribution in [1.82, 2.24) is 0 Å². The Morgan fingerprint density at radius 1 is 0.909 bits per heavy atom. The molecule has 0 N–H and O–H groups in total. The number of amides is 2. The molecular weight excluding hydrogens is 274 g/mol. The van der Waals surface area contributed by atoms with Gasteiger partial charge in [0.25, 0.3) is 0 Å². The van der Waals surface area contributed by atoms with E-state index in [1.54, 1.807) is 0 Å². The van der Waals surface area contributed by atoms with Crippen LogP contribution in [0.2, 0.25) is 0 Å². The Morgan fingerprint density at radius 2 is 1.50 bits per heavy atom. The fourth-order valence-electron chi connectivity index (χ4n) is 5.08. The van der Waals surface area contributed by atoms with Gasteiger partial charge in [0, 0.05) is 0 Å². The second-order valence-electron chi connectivity index (χ2n) is 7.44. The first-order valence-corrected chi connectivity index (χ1v) is 8.21. The molecule has 3 nitrogen and oxygen atoms in total. The Bertz CT molecular complexity index is 714. The number of hydrogen-bond donors (Lipinski definition) is 0. The summed E-state index contributed by atoms with van der Waals surface area (Å²) in [7, 11) is 0. The standard InChI is InChI=1S/C19H19NO2/c1-9-3-4-11(7-10(9)2)20-18(21)16-12-5-6-13(15-8-14(12)15)17(16)19(20)22/h3-7,12-17H,8H2,1-2H3/t12-,13-,14-,15+,16-,17+/m0/s1. The van der Waals surface area contributed by atoms with Gasteiger partial charge in [-0.05, 0) is 67.2 Å². The number of carbonyl (C=O) groups is 2. The molecule has 6 atom stereocenters. The molecular formula is C19H19NO2. The molecule has 5 aliphatic rings. The molecule has 4 aliphatic carbocycles. The van der Waals surface area contributed by atoms with E-state index in [0.29, 0.717) is 23.7 Å². The van der Waals surface area contributed by atoms with Crippen LogP contribution < -0.4 is 4.90 Å². The van der Waals surface area contributed by atoms with Crippen LogP contribution in [0.15, 0.2) is 30.4 Å². The van der Waals surface area contributed by atoms with Crippen LogP contribution in [-0.2, 0) is 9.59 Å². The summed E-state index contributed by atoms with van der Waals surface area (Å²) >= 11 is 0. The van der Waals surface area contributed by atoms with Crippen molar-refractivity contribution in [1.29, 1.82) is 0 Å². The van der Waals surface area contributed by atoms with E-state index in [4.69, 9.17) is 0 Å². The lowest BCUT2D eigenvalue weighted by Gasteiger charge is -2.37. The molecule has 6 rings (SSSR count). The van der Waals surface area contributed by atoms with Crippen molar-refractivity contribution in [2.24, 2.45) is 35.5 Å². The van der Waals surface area contributed by atoms with Gasteiger partial charge in [-0.25, -0.2) is 0 Å². The molecule has 2 bridgehead atoms. The zero-order valence-electron chi connectivity index (χ0n) is 12.8. The van der Waals surface area contributed by atoms with E-state index >= 15 is 0 Å². The van der Waals surface area contributed by atoms with Crippen molar-refractivity contribution < 1.29 is 9.59 Å². The Morgan fingerprint density at radius 3 is 2.05 bits per heavy atom. The topological polar surface area (TPSA) is 37.4 Å². The summed E-state index contributed by atoms with van der Waals surface area (Å²) in [5.41, 5.74) is 3.06. The Kier molecular flexibility index (Phi) is 2.23.